The monoisotopic (exact) mass is 999 g/mol. The average molecular weight is 1000 g/mol. The van der Waals surface area contributed by atoms with Gasteiger partial charge < -0.3 is 78.9 Å². The first-order chi connectivity index (χ1) is 32.4. The molecular formula is C40H57N9O19S. The number of carboxylic acids is 6. The van der Waals surface area contributed by atoms with E-state index in [1.54, 1.807) is 30.3 Å². The SMILES string of the molecule is N[C@@H](CNC(=O)CC[C@H](NC(=O)[C@H](Cc1ccccc1)NC(=O)CCCCNC(=O)CC[C@H](NC(=O)N[C@@H](CCC(=O)O)C(=O)O)C(=O)O)C(=O)O)C(=O)N[C@@H](CC(=O)O)C(=O)N[C@@H](CS)C(=O)O. The number of aliphatic carboxylic acids is 6. The van der Waals surface area contributed by atoms with Crippen LogP contribution in [0, 0.1) is 0 Å². The van der Waals surface area contributed by atoms with Crippen molar-refractivity contribution >= 4 is 89.9 Å². The van der Waals surface area contributed by atoms with Crippen LogP contribution in [0.3, 0.4) is 0 Å². The van der Waals surface area contributed by atoms with E-state index in [9.17, 15) is 77.6 Å². The standard InChI is InChI=1S/C40H57N9O19S/c41-21(33(57)46-26(17-32(55)56)35(59)47-27(19-69)39(66)67)18-43-29(51)13-9-22(36(60)61)45-34(58)25(16-20-6-2-1-3-7-20)44-30(52)8-4-5-15-42-28(50)12-10-23(37(62)63)48-40(68)49-24(38(64)65)11-14-31(53)54/h1-3,6-7,21-27,69H,4-5,8-19,41H2,(H,42,50)(H,43,51)(H,44,52)(H,45,58)(H,46,57)(H,47,59)(H,53,54)(H,55,56)(H,60,61)(H,62,63)(H,64,65)(H,66,67)(H2,48,49,68)/t21-,22-,23-,24-,25-,26-,27-/m0/s1. The second-order valence-electron chi connectivity index (χ2n) is 15.1. The van der Waals surface area contributed by atoms with Gasteiger partial charge in [-0.25, -0.2) is 24.0 Å². The van der Waals surface area contributed by atoms with E-state index in [-0.39, 0.29) is 44.4 Å². The molecular weight excluding hydrogens is 943 g/mol. The smallest absolute Gasteiger partial charge is 0.327 e. The number of unbranched alkanes of at least 4 members (excludes halogenated alkanes) is 1. The van der Waals surface area contributed by atoms with Gasteiger partial charge in [-0.2, -0.15) is 12.6 Å². The molecule has 0 radical (unpaired) electrons. The van der Waals surface area contributed by atoms with Gasteiger partial charge in [-0.3, -0.25) is 38.4 Å². The van der Waals surface area contributed by atoms with Crippen LogP contribution < -0.4 is 48.3 Å². The Morgan fingerprint density at radius 2 is 0.971 bits per heavy atom. The largest absolute Gasteiger partial charge is 0.481 e. The summed E-state index contributed by atoms with van der Waals surface area (Å²) in [5.74, 6) is -14.5. The molecule has 0 spiro atoms. The minimum Gasteiger partial charge on any atom is -0.481 e. The Kier molecular flexibility index (Phi) is 27.1. The predicted octanol–water partition coefficient (Wildman–Crippen LogP) is -3.90. The quantitative estimate of drug-likeness (QED) is 0.0232. The Morgan fingerprint density at radius 3 is 1.48 bits per heavy atom. The fourth-order valence-electron chi connectivity index (χ4n) is 5.80. The molecule has 0 aromatic heterocycles. The van der Waals surface area contributed by atoms with Gasteiger partial charge in [-0.1, -0.05) is 30.3 Å². The number of carbonyl (C=O) groups excluding carboxylic acids is 7. The molecule has 1 rings (SSSR count). The Bertz CT molecular complexity index is 2010. The van der Waals surface area contributed by atoms with Crippen molar-refractivity contribution in [2.24, 2.45) is 5.73 Å². The van der Waals surface area contributed by atoms with Crippen LogP contribution in [0.5, 0.6) is 0 Å². The molecule has 1 aromatic rings. The van der Waals surface area contributed by atoms with Crippen molar-refractivity contribution in [2.45, 2.75) is 113 Å². The fraction of sp³-hybridized carbons (Fsp3) is 0.525. The number of hydrogen-bond acceptors (Lipinski definition) is 15. The van der Waals surface area contributed by atoms with Gasteiger partial charge in [0.2, 0.25) is 35.4 Å². The summed E-state index contributed by atoms with van der Waals surface area (Å²) in [6, 6.07) is -3.87. The first-order valence-electron chi connectivity index (χ1n) is 21.0. The molecule has 0 unspecified atom stereocenters. The number of benzene rings is 1. The number of rotatable bonds is 34. The van der Waals surface area contributed by atoms with Crippen molar-refractivity contribution in [3.8, 4) is 0 Å². The zero-order valence-corrected chi connectivity index (χ0v) is 37.7. The molecule has 0 aliphatic heterocycles. The summed E-state index contributed by atoms with van der Waals surface area (Å²) in [5.41, 5.74) is 6.38. The van der Waals surface area contributed by atoms with Crippen LogP contribution in [0.25, 0.3) is 0 Å². The van der Waals surface area contributed by atoms with E-state index in [2.05, 4.69) is 39.2 Å². The summed E-state index contributed by atoms with van der Waals surface area (Å²) in [7, 11) is 0. The molecule has 7 atom stereocenters. The van der Waals surface area contributed by atoms with Crippen molar-refractivity contribution in [1.29, 1.82) is 0 Å². The van der Waals surface area contributed by atoms with Crippen LogP contribution in [-0.2, 0) is 64.0 Å². The van der Waals surface area contributed by atoms with Crippen molar-refractivity contribution in [3.05, 3.63) is 35.9 Å². The average Bonchev–Trinajstić information content (AvgIpc) is 3.27. The number of carboxylic acid groups (broad SMARTS) is 6. The summed E-state index contributed by atoms with van der Waals surface area (Å²) in [6.07, 6.45) is -3.62. The second kappa shape index (κ2) is 31.4. The summed E-state index contributed by atoms with van der Waals surface area (Å²) < 4.78 is 0. The van der Waals surface area contributed by atoms with Gasteiger partial charge in [0.05, 0.1) is 6.42 Å². The number of carbonyl (C=O) groups is 13. The number of nitrogens with one attached hydrogen (secondary N) is 8. The van der Waals surface area contributed by atoms with Gasteiger partial charge in [0, 0.05) is 50.9 Å². The number of nitrogens with two attached hydrogens (primary N) is 1. The van der Waals surface area contributed by atoms with Gasteiger partial charge in [0.15, 0.2) is 0 Å². The molecule has 0 saturated carbocycles. The van der Waals surface area contributed by atoms with E-state index in [0.717, 1.165) is 0 Å². The highest BCUT2D eigenvalue weighted by Gasteiger charge is 2.31. The molecule has 29 heteroatoms. The third kappa shape index (κ3) is 25.2. The topological polar surface area (TPSA) is 466 Å². The fourth-order valence-corrected chi connectivity index (χ4v) is 6.05. The van der Waals surface area contributed by atoms with Gasteiger partial charge >= 0.3 is 41.8 Å². The van der Waals surface area contributed by atoms with Crippen molar-refractivity contribution in [2.75, 3.05) is 18.8 Å². The van der Waals surface area contributed by atoms with Crippen molar-refractivity contribution in [3.63, 3.8) is 0 Å². The van der Waals surface area contributed by atoms with Crippen molar-refractivity contribution < 1.29 is 93.0 Å². The highest BCUT2D eigenvalue weighted by molar-refractivity contribution is 7.80. The normalized spacial score (nSPS) is 13.7. The number of amides is 8. The molecule has 16 N–H and O–H groups in total. The highest BCUT2D eigenvalue weighted by Crippen LogP contribution is 2.08. The molecule has 0 aliphatic carbocycles. The molecule has 0 aliphatic rings. The molecule has 1 aromatic carbocycles. The summed E-state index contributed by atoms with van der Waals surface area (Å²) in [5, 5.41) is 73.3. The Hall–Kier alpha value is -7.56. The summed E-state index contributed by atoms with van der Waals surface area (Å²) in [4.78, 5) is 157. The molecule has 0 fully saturated rings. The van der Waals surface area contributed by atoms with Crippen LogP contribution in [0.1, 0.15) is 69.8 Å². The first-order valence-corrected chi connectivity index (χ1v) is 21.6. The zero-order valence-electron chi connectivity index (χ0n) is 36.8. The summed E-state index contributed by atoms with van der Waals surface area (Å²) >= 11 is 3.79. The predicted molar refractivity (Wildman–Crippen MR) is 237 cm³/mol. The lowest BCUT2D eigenvalue weighted by Gasteiger charge is -2.22. The van der Waals surface area contributed by atoms with Crippen LogP contribution >= 0.6 is 12.6 Å². The first kappa shape index (κ1) is 59.5. The molecule has 382 valence electrons. The molecule has 69 heavy (non-hydrogen) atoms. The Labute approximate surface area is 398 Å². The van der Waals surface area contributed by atoms with Crippen LogP contribution in [0.2, 0.25) is 0 Å². The van der Waals surface area contributed by atoms with E-state index >= 15 is 0 Å². The zero-order chi connectivity index (χ0) is 52.2. The molecule has 0 bridgehead atoms. The third-order valence-electron chi connectivity index (χ3n) is 9.54. The lowest BCUT2D eigenvalue weighted by atomic mass is 10.0. The molecule has 0 heterocycles. The van der Waals surface area contributed by atoms with E-state index in [4.69, 9.17) is 21.1 Å². The van der Waals surface area contributed by atoms with E-state index in [1.807, 2.05) is 16.0 Å². The Morgan fingerprint density at radius 1 is 0.493 bits per heavy atom. The minimum absolute atomic E-state index is 0.0298. The maximum atomic E-state index is 13.4. The maximum Gasteiger partial charge on any atom is 0.327 e. The van der Waals surface area contributed by atoms with Crippen molar-refractivity contribution in [1.82, 2.24) is 42.5 Å². The van der Waals surface area contributed by atoms with E-state index in [1.165, 1.54) is 0 Å². The number of urea groups is 1. The number of hydrogen-bond donors (Lipinski definition) is 16. The molecule has 0 saturated heterocycles. The van der Waals surface area contributed by atoms with Gasteiger partial charge in [-0.15, -0.1) is 0 Å². The number of thiol groups is 1. The van der Waals surface area contributed by atoms with Crippen LogP contribution in [-0.4, -0.2) is 169 Å². The minimum atomic E-state index is -1.75. The molecule has 8 amide bonds. The lowest BCUT2D eigenvalue weighted by molar-refractivity contribution is -0.143. The van der Waals surface area contributed by atoms with E-state index < -0.39 is 165 Å². The molecule has 28 nitrogen and oxygen atoms in total. The van der Waals surface area contributed by atoms with Gasteiger partial charge in [-0.05, 0) is 37.7 Å². The van der Waals surface area contributed by atoms with Crippen LogP contribution in [0.15, 0.2) is 30.3 Å². The highest BCUT2D eigenvalue weighted by atomic mass is 32.1. The van der Waals surface area contributed by atoms with Gasteiger partial charge in [0.1, 0.15) is 42.3 Å². The van der Waals surface area contributed by atoms with Crippen LogP contribution in [0.4, 0.5) is 4.79 Å². The summed E-state index contributed by atoms with van der Waals surface area (Å²) in [6.45, 7) is -0.545. The van der Waals surface area contributed by atoms with Gasteiger partial charge in [0.25, 0.3) is 0 Å². The third-order valence-corrected chi connectivity index (χ3v) is 9.91. The Balaban J connectivity index is 2.73. The second-order valence-corrected chi connectivity index (χ2v) is 15.4. The maximum absolute atomic E-state index is 13.4. The van der Waals surface area contributed by atoms with E-state index in [0.29, 0.717) is 5.56 Å². The lowest BCUT2D eigenvalue weighted by Crippen LogP contribution is -2.57.